The highest BCUT2D eigenvalue weighted by Crippen LogP contribution is 2.42. The van der Waals surface area contributed by atoms with Crippen LogP contribution in [0.1, 0.15) is 47.4 Å². The minimum atomic E-state index is -0.594. The first-order chi connectivity index (χ1) is 15.3. The van der Waals surface area contributed by atoms with E-state index < -0.39 is 5.41 Å². The van der Waals surface area contributed by atoms with Gasteiger partial charge in [0.2, 0.25) is 0 Å². The van der Waals surface area contributed by atoms with Crippen molar-refractivity contribution in [2.24, 2.45) is 0 Å². The number of rotatable bonds is 5. The van der Waals surface area contributed by atoms with Gasteiger partial charge in [-0.3, -0.25) is 4.79 Å². The van der Waals surface area contributed by atoms with Crippen LogP contribution >= 0.6 is 0 Å². The molecular weight excluding hydrogens is 378 g/mol. The van der Waals surface area contributed by atoms with Gasteiger partial charge in [0.25, 0.3) is 0 Å². The molecular formula is C29H29NO. The van der Waals surface area contributed by atoms with Crippen LogP contribution in [-0.2, 0) is 10.2 Å². The van der Waals surface area contributed by atoms with Crippen LogP contribution in [-0.4, -0.2) is 30.3 Å². The molecule has 3 aromatic rings. The first kappa shape index (κ1) is 20.0. The number of hydrogen-bond donors (Lipinski definition) is 0. The highest BCUT2D eigenvalue weighted by molar-refractivity contribution is 6.07. The number of hydrogen-bond acceptors (Lipinski definition) is 2. The second-order valence-corrected chi connectivity index (χ2v) is 8.83. The second-order valence-electron chi connectivity index (χ2n) is 8.83. The lowest BCUT2D eigenvalue weighted by atomic mass is 9.65. The summed E-state index contributed by atoms with van der Waals surface area (Å²) in [6.07, 6.45) is 6.95. The average molecular weight is 408 g/mol. The van der Waals surface area contributed by atoms with Crippen molar-refractivity contribution in [2.45, 2.75) is 30.6 Å². The molecule has 0 bridgehead atoms. The molecule has 31 heavy (non-hydrogen) atoms. The van der Waals surface area contributed by atoms with Crippen molar-refractivity contribution < 1.29 is 4.79 Å². The van der Waals surface area contributed by atoms with Gasteiger partial charge in [-0.15, -0.1) is 0 Å². The molecule has 2 nitrogen and oxygen atoms in total. The van der Waals surface area contributed by atoms with Crippen molar-refractivity contribution in [3.63, 3.8) is 0 Å². The lowest BCUT2D eigenvalue weighted by molar-refractivity contribution is -0.119. The largest absolute Gasteiger partial charge is 0.303 e. The van der Waals surface area contributed by atoms with Crippen LogP contribution in [0.5, 0.6) is 0 Å². The third-order valence-electron chi connectivity index (χ3n) is 7.18. The van der Waals surface area contributed by atoms with E-state index in [9.17, 15) is 4.79 Å². The second kappa shape index (κ2) is 8.64. The summed E-state index contributed by atoms with van der Waals surface area (Å²) in [5.74, 6) is 0.858. The molecule has 156 valence electrons. The molecule has 1 fully saturated rings. The van der Waals surface area contributed by atoms with E-state index >= 15 is 0 Å². The van der Waals surface area contributed by atoms with Crippen molar-refractivity contribution in [2.75, 3.05) is 19.6 Å². The Morgan fingerprint density at radius 3 is 2.16 bits per heavy atom. The summed E-state index contributed by atoms with van der Waals surface area (Å²) >= 11 is 0. The molecule has 0 spiro atoms. The van der Waals surface area contributed by atoms with E-state index in [4.69, 9.17) is 0 Å². The van der Waals surface area contributed by atoms with E-state index in [-0.39, 0.29) is 5.78 Å². The molecule has 1 atom stereocenters. The number of nitrogens with zero attached hydrogens (tertiary/aromatic N) is 1. The van der Waals surface area contributed by atoms with Crippen molar-refractivity contribution in [3.8, 4) is 0 Å². The SMILES string of the molecule is O=C1C=Cc2ccccc2C1(CCN1CCC(c2ccccc2)CC1)c1ccccc1. The maximum absolute atomic E-state index is 13.5. The number of ketones is 1. The Morgan fingerprint density at radius 2 is 1.42 bits per heavy atom. The maximum Gasteiger partial charge on any atom is 0.170 e. The van der Waals surface area contributed by atoms with E-state index in [1.54, 1.807) is 6.08 Å². The summed E-state index contributed by atoms with van der Waals surface area (Å²) in [5, 5.41) is 0. The van der Waals surface area contributed by atoms with Gasteiger partial charge in [-0.25, -0.2) is 0 Å². The van der Waals surface area contributed by atoms with Crippen LogP contribution in [0.3, 0.4) is 0 Å². The Bertz CT molecular complexity index is 1060. The number of piperidine rings is 1. The summed E-state index contributed by atoms with van der Waals surface area (Å²) < 4.78 is 0. The summed E-state index contributed by atoms with van der Waals surface area (Å²) in [5.41, 5.74) is 4.28. The highest BCUT2D eigenvalue weighted by atomic mass is 16.1. The van der Waals surface area contributed by atoms with Crippen LogP contribution in [0.4, 0.5) is 0 Å². The van der Waals surface area contributed by atoms with E-state index in [0.717, 1.165) is 42.7 Å². The zero-order chi connectivity index (χ0) is 21.1. The van der Waals surface area contributed by atoms with Crippen LogP contribution in [0.2, 0.25) is 0 Å². The molecule has 1 aliphatic heterocycles. The van der Waals surface area contributed by atoms with E-state index in [2.05, 4.69) is 83.8 Å². The van der Waals surface area contributed by atoms with Gasteiger partial charge < -0.3 is 4.90 Å². The molecule has 1 heterocycles. The summed E-state index contributed by atoms with van der Waals surface area (Å²) in [4.78, 5) is 16.0. The van der Waals surface area contributed by atoms with Gasteiger partial charge in [-0.1, -0.05) is 91.0 Å². The fourth-order valence-electron chi connectivity index (χ4n) is 5.44. The average Bonchev–Trinajstić information content (AvgIpc) is 2.85. The first-order valence-electron chi connectivity index (χ1n) is 11.4. The zero-order valence-electron chi connectivity index (χ0n) is 17.9. The third-order valence-corrected chi connectivity index (χ3v) is 7.18. The molecule has 1 saturated heterocycles. The minimum absolute atomic E-state index is 0.205. The van der Waals surface area contributed by atoms with Gasteiger partial charge in [0.05, 0.1) is 5.41 Å². The highest BCUT2D eigenvalue weighted by Gasteiger charge is 2.43. The smallest absolute Gasteiger partial charge is 0.170 e. The van der Waals surface area contributed by atoms with Crippen molar-refractivity contribution in [3.05, 3.63) is 113 Å². The Balaban J connectivity index is 1.38. The van der Waals surface area contributed by atoms with E-state index in [1.165, 1.54) is 18.4 Å². The number of fused-ring (bicyclic) bond motifs is 1. The van der Waals surface area contributed by atoms with Crippen LogP contribution < -0.4 is 0 Å². The molecule has 0 radical (unpaired) electrons. The molecule has 2 aliphatic rings. The molecule has 0 N–H and O–H groups in total. The standard InChI is InChI=1S/C29H29NO/c31-28-16-15-25-11-7-8-14-27(25)29(28,26-12-5-2-6-13-26)19-22-30-20-17-24(18-21-30)23-9-3-1-4-10-23/h1-16,24H,17-22H2. The van der Waals surface area contributed by atoms with Gasteiger partial charge in [0.1, 0.15) is 0 Å². The van der Waals surface area contributed by atoms with Crippen LogP contribution in [0.25, 0.3) is 6.08 Å². The predicted octanol–water partition coefficient (Wildman–Crippen LogP) is 5.84. The number of benzene rings is 3. The molecule has 3 aromatic carbocycles. The van der Waals surface area contributed by atoms with Crippen LogP contribution in [0.15, 0.2) is 91.0 Å². The lowest BCUT2D eigenvalue weighted by Gasteiger charge is -2.39. The predicted molar refractivity (Wildman–Crippen MR) is 127 cm³/mol. The Hall–Kier alpha value is -2.97. The zero-order valence-corrected chi connectivity index (χ0v) is 17.9. The summed E-state index contributed by atoms with van der Waals surface area (Å²) in [7, 11) is 0. The summed E-state index contributed by atoms with van der Waals surface area (Å²) in [6.45, 7) is 3.12. The molecule has 1 aliphatic carbocycles. The van der Waals surface area contributed by atoms with Gasteiger partial charge in [0, 0.05) is 0 Å². The molecule has 0 saturated carbocycles. The normalized spacial score (nSPS) is 21.7. The molecule has 0 aromatic heterocycles. The van der Waals surface area contributed by atoms with Gasteiger partial charge in [0.15, 0.2) is 5.78 Å². The molecule has 2 heteroatoms. The molecule has 5 rings (SSSR count). The van der Waals surface area contributed by atoms with Gasteiger partial charge in [-0.05, 0) is 73.1 Å². The number of carbonyl (C=O) groups is 1. The number of carbonyl (C=O) groups excluding carboxylic acids is 1. The number of allylic oxidation sites excluding steroid dienone is 1. The van der Waals surface area contributed by atoms with E-state index in [1.807, 2.05) is 12.1 Å². The monoisotopic (exact) mass is 407 g/mol. The van der Waals surface area contributed by atoms with Crippen molar-refractivity contribution >= 4 is 11.9 Å². The third kappa shape index (κ3) is 3.77. The topological polar surface area (TPSA) is 20.3 Å². The Labute approximate surface area is 185 Å². The molecule has 1 unspecified atom stereocenters. The number of likely N-dealkylation sites (tertiary alicyclic amines) is 1. The Morgan fingerprint density at radius 1 is 0.774 bits per heavy atom. The van der Waals surface area contributed by atoms with Gasteiger partial charge in [-0.2, -0.15) is 0 Å². The van der Waals surface area contributed by atoms with Crippen molar-refractivity contribution in [1.29, 1.82) is 0 Å². The fraction of sp³-hybridized carbons (Fsp3) is 0.276. The fourth-order valence-corrected chi connectivity index (χ4v) is 5.44. The quantitative estimate of drug-likeness (QED) is 0.530. The first-order valence-corrected chi connectivity index (χ1v) is 11.4. The van der Waals surface area contributed by atoms with Crippen LogP contribution in [0, 0.1) is 0 Å². The van der Waals surface area contributed by atoms with Crippen molar-refractivity contribution in [1.82, 2.24) is 4.90 Å². The molecule has 0 amide bonds. The van der Waals surface area contributed by atoms with E-state index in [0.29, 0.717) is 5.92 Å². The maximum atomic E-state index is 13.5. The Kier molecular flexibility index (Phi) is 5.57. The summed E-state index contributed by atoms with van der Waals surface area (Å²) in [6, 6.07) is 29.7. The lowest BCUT2D eigenvalue weighted by Crippen LogP contribution is -2.43. The minimum Gasteiger partial charge on any atom is -0.303 e. The van der Waals surface area contributed by atoms with Gasteiger partial charge >= 0.3 is 0 Å².